The van der Waals surface area contributed by atoms with Crippen molar-refractivity contribution in [3.63, 3.8) is 0 Å². The van der Waals surface area contributed by atoms with Crippen molar-refractivity contribution >= 4 is 11.6 Å². The van der Waals surface area contributed by atoms with Crippen LogP contribution in [0.2, 0.25) is 0 Å². The fourth-order valence-corrected chi connectivity index (χ4v) is 2.11. The summed E-state index contributed by atoms with van der Waals surface area (Å²) in [5.41, 5.74) is 0.936. The highest BCUT2D eigenvalue weighted by molar-refractivity contribution is 5.97. The predicted octanol–water partition coefficient (Wildman–Crippen LogP) is 1.67. The molecule has 0 aromatic heterocycles. The second-order valence-corrected chi connectivity index (χ2v) is 4.82. The summed E-state index contributed by atoms with van der Waals surface area (Å²) in [6, 6.07) is 10.7. The Hall–Kier alpha value is -2.83. The zero-order valence-corrected chi connectivity index (χ0v) is 12.0. The standard InChI is InChI=1S/C16H16N4O2/c17-8-12-4-1-2-6-15(12)19-10-13(9-18)16(21)20-11-14-5-3-7-22-14/h1-2,4,6,10,14,19H,3,5,7,11H2,(H,20,21)/b13-10-. The van der Waals surface area contributed by atoms with Crippen molar-refractivity contribution in [1.29, 1.82) is 10.5 Å². The van der Waals surface area contributed by atoms with E-state index < -0.39 is 5.91 Å². The maximum Gasteiger partial charge on any atom is 0.263 e. The van der Waals surface area contributed by atoms with Crippen molar-refractivity contribution in [2.75, 3.05) is 18.5 Å². The molecule has 6 heteroatoms. The Morgan fingerprint density at radius 3 is 2.91 bits per heavy atom. The van der Waals surface area contributed by atoms with Gasteiger partial charge in [-0.1, -0.05) is 12.1 Å². The number of carbonyl (C=O) groups excluding carboxylic acids is 1. The van der Waals surface area contributed by atoms with Gasteiger partial charge in [0.25, 0.3) is 5.91 Å². The van der Waals surface area contributed by atoms with E-state index in [2.05, 4.69) is 10.6 Å². The minimum Gasteiger partial charge on any atom is -0.376 e. The van der Waals surface area contributed by atoms with Crippen LogP contribution in [-0.2, 0) is 9.53 Å². The number of nitrogens with one attached hydrogen (secondary N) is 2. The van der Waals surface area contributed by atoms with Gasteiger partial charge in [-0.25, -0.2) is 0 Å². The molecule has 1 atom stereocenters. The average Bonchev–Trinajstić information content (AvgIpc) is 3.07. The Morgan fingerprint density at radius 2 is 2.23 bits per heavy atom. The highest BCUT2D eigenvalue weighted by Crippen LogP contribution is 2.14. The highest BCUT2D eigenvalue weighted by Gasteiger charge is 2.17. The smallest absolute Gasteiger partial charge is 0.263 e. The number of nitriles is 2. The molecular weight excluding hydrogens is 280 g/mol. The largest absolute Gasteiger partial charge is 0.376 e. The molecule has 1 fully saturated rings. The van der Waals surface area contributed by atoms with Gasteiger partial charge in [-0.15, -0.1) is 0 Å². The Bertz CT molecular complexity index is 649. The molecule has 1 saturated heterocycles. The number of hydrogen-bond acceptors (Lipinski definition) is 5. The second-order valence-electron chi connectivity index (χ2n) is 4.82. The molecule has 22 heavy (non-hydrogen) atoms. The van der Waals surface area contributed by atoms with Crippen molar-refractivity contribution in [1.82, 2.24) is 5.32 Å². The van der Waals surface area contributed by atoms with E-state index in [0.29, 0.717) is 24.4 Å². The van der Waals surface area contributed by atoms with Crippen molar-refractivity contribution in [2.24, 2.45) is 0 Å². The first-order chi connectivity index (χ1) is 10.7. The summed E-state index contributed by atoms with van der Waals surface area (Å²) in [5.74, 6) is -0.458. The summed E-state index contributed by atoms with van der Waals surface area (Å²) in [4.78, 5) is 11.9. The molecule has 1 unspecified atom stereocenters. The first kappa shape index (κ1) is 15.6. The molecular formula is C16H16N4O2. The summed E-state index contributed by atoms with van der Waals surface area (Å²) in [5, 5.41) is 23.6. The number of carbonyl (C=O) groups is 1. The van der Waals surface area contributed by atoms with Gasteiger partial charge in [0.05, 0.1) is 17.4 Å². The van der Waals surface area contributed by atoms with E-state index in [9.17, 15) is 4.79 Å². The highest BCUT2D eigenvalue weighted by atomic mass is 16.5. The van der Waals surface area contributed by atoms with Crippen molar-refractivity contribution in [3.05, 3.63) is 41.6 Å². The Labute approximate surface area is 129 Å². The lowest BCUT2D eigenvalue weighted by molar-refractivity contribution is -0.117. The SMILES string of the molecule is N#C/C(=C/Nc1ccccc1C#N)C(=O)NCC1CCCO1. The molecule has 0 radical (unpaired) electrons. The van der Waals surface area contributed by atoms with Gasteiger partial charge < -0.3 is 15.4 Å². The Kier molecular flexibility index (Phi) is 5.53. The van der Waals surface area contributed by atoms with Gasteiger partial charge in [0.2, 0.25) is 0 Å². The van der Waals surface area contributed by atoms with Crippen LogP contribution in [0.1, 0.15) is 18.4 Å². The van der Waals surface area contributed by atoms with Crippen LogP contribution in [0.3, 0.4) is 0 Å². The zero-order valence-electron chi connectivity index (χ0n) is 12.0. The maximum atomic E-state index is 11.9. The summed E-state index contributed by atoms with van der Waals surface area (Å²) in [6.45, 7) is 1.11. The third-order valence-electron chi connectivity index (χ3n) is 3.30. The summed E-state index contributed by atoms with van der Waals surface area (Å²) in [6.07, 6.45) is 3.24. The quantitative estimate of drug-likeness (QED) is 0.636. The Morgan fingerprint density at radius 1 is 1.41 bits per heavy atom. The van der Waals surface area contributed by atoms with Crippen LogP contribution in [0.25, 0.3) is 0 Å². The lowest BCUT2D eigenvalue weighted by Crippen LogP contribution is -2.32. The van der Waals surface area contributed by atoms with Crippen molar-refractivity contribution < 1.29 is 9.53 Å². The monoisotopic (exact) mass is 296 g/mol. The first-order valence-corrected chi connectivity index (χ1v) is 7.00. The fourth-order valence-electron chi connectivity index (χ4n) is 2.11. The van der Waals surface area contributed by atoms with Crippen LogP contribution in [0, 0.1) is 22.7 Å². The molecule has 6 nitrogen and oxygen atoms in total. The maximum absolute atomic E-state index is 11.9. The molecule has 2 rings (SSSR count). The van der Waals surface area contributed by atoms with Crippen molar-refractivity contribution in [3.8, 4) is 12.1 Å². The van der Waals surface area contributed by atoms with Gasteiger partial charge in [0.1, 0.15) is 17.7 Å². The summed E-state index contributed by atoms with van der Waals surface area (Å²) >= 11 is 0. The van der Waals surface area contributed by atoms with E-state index in [0.717, 1.165) is 12.8 Å². The van der Waals surface area contributed by atoms with Gasteiger partial charge in [-0.05, 0) is 25.0 Å². The van der Waals surface area contributed by atoms with E-state index in [4.69, 9.17) is 15.3 Å². The summed E-state index contributed by atoms with van der Waals surface area (Å²) < 4.78 is 5.41. The minimum absolute atomic E-state index is 0.0242. The van der Waals surface area contributed by atoms with Gasteiger partial charge in [-0.2, -0.15) is 10.5 Å². The van der Waals surface area contributed by atoms with Gasteiger partial charge >= 0.3 is 0 Å². The van der Waals surface area contributed by atoms with Crippen LogP contribution in [0.15, 0.2) is 36.0 Å². The normalized spacial score (nSPS) is 17.4. The fraction of sp³-hybridized carbons (Fsp3) is 0.312. The molecule has 112 valence electrons. The first-order valence-electron chi connectivity index (χ1n) is 7.00. The number of amides is 1. The molecule has 0 spiro atoms. The van der Waals surface area contributed by atoms with Gasteiger partial charge in [0, 0.05) is 19.4 Å². The number of benzene rings is 1. The topological polar surface area (TPSA) is 97.9 Å². The van der Waals surface area contributed by atoms with Crippen LogP contribution in [-0.4, -0.2) is 25.2 Å². The molecule has 1 aromatic carbocycles. The van der Waals surface area contributed by atoms with E-state index in [-0.39, 0.29) is 11.7 Å². The number of ether oxygens (including phenoxy) is 1. The molecule has 0 bridgehead atoms. The third-order valence-corrected chi connectivity index (χ3v) is 3.30. The van der Waals surface area contributed by atoms with E-state index in [1.165, 1.54) is 6.20 Å². The second kappa shape index (κ2) is 7.82. The average molecular weight is 296 g/mol. The van der Waals surface area contributed by atoms with Crippen LogP contribution < -0.4 is 10.6 Å². The summed E-state index contributed by atoms with van der Waals surface area (Å²) in [7, 11) is 0. The predicted molar refractivity (Wildman–Crippen MR) is 80.5 cm³/mol. The number of hydrogen-bond donors (Lipinski definition) is 2. The molecule has 1 heterocycles. The number of anilines is 1. The third kappa shape index (κ3) is 4.08. The van der Waals surface area contributed by atoms with Crippen LogP contribution in [0.4, 0.5) is 5.69 Å². The molecule has 0 aliphatic carbocycles. The lowest BCUT2D eigenvalue weighted by atomic mass is 10.2. The number of nitrogens with zero attached hydrogens (tertiary/aromatic N) is 2. The molecule has 0 saturated carbocycles. The molecule has 2 N–H and O–H groups in total. The molecule has 1 aliphatic heterocycles. The van der Waals surface area contributed by atoms with E-state index in [1.54, 1.807) is 24.3 Å². The van der Waals surface area contributed by atoms with E-state index in [1.807, 2.05) is 12.1 Å². The molecule has 1 amide bonds. The van der Waals surface area contributed by atoms with Crippen LogP contribution in [0.5, 0.6) is 0 Å². The zero-order chi connectivity index (χ0) is 15.8. The lowest BCUT2D eigenvalue weighted by Gasteiger charge is -2.10. The van der Waals surface area contributed by atoms with Crippen LogP contribution >= 0.6 is 0 Å². The molecule has 1 aliphatic rings. The van der Waals surface area contributed by atoms with E-state index >= 15 is 0 Å². The number of para-hydroxylation sites is 1. The number of rotatable bonds is 5. The molecule has 1 aromatic rings. The van der Waals surface area contributed by atoms with Crippen molar-refractivity contribution in [2.45, 2.75) is 18.9 Å². The Balaban J connectivity index is 1.96. The van der Waals surface area contributed by atoms with Gasteiger partial charge in [-0.3, -0.25) is 4.79 Å². The minimum atomic E-state index is -0.458. The van der Waals surface area contributed by atoms with Gasteiger partial charge in [0.15, 0.2) is 0 Å².